The van der Waals surface area contributed by atoms with E-state index in [1.807, 2.05) is 54.6 Å². The number of anilines is 1. The molecule has 0 aliphatic rings. The maximum absolute atomic E-state index is 11.9. The summed E-state index contributed by atoms with van der Waals surface area (Å²) in [6.45, 7) is 0. The normalized spacial score (nSPS) is 10.4. The predicted octanol–water partition coefficient (Wildman–Crippen LogP) is 2.81. The van der Waals surface area contributed by atoms with E-state index in [9.17, 15) is 4.79 Å². The number of amides is 1. The van der Waals surface area contributed by atoms with Crippen molar-refractivity contribution in [2.75, 3.05) is 5.32 Å². The summed E-state index contributed by atoms with van der Waals surface area (Å²) in [5, 5.41) is 2.77. The molecule has 1 amide bonds. The van der Waals surface area contributed by atoms with Gasteiger partial charge in [0.05, 0.1) is 23.7 Å². The maximum Gasteiger partial charge on any atom is 0.229 e. The summed E-state index contributed by atoms with van der Waals surface area (Å²) in [6, 6.07) is 17.2. The van der Waals surface area contributed by atoms with Crippen molar-refractivity contribution in [2.24, 2.45) is 0 Å². The molecule has 0 bridgehead atoms. The number of nitrogens with zero attached hydrogens (tertiary/aromatic N) is 2. The molecule has 3 rings (SSSR count). The molecular weight excluding hydrogens is 250 g/mol. The van der Waals surface area contributed by atoms with Gasteiger partial charge in [-0.3, -0.25) is 9.78 Å². The van der Waals surface area contributed by atoms with Crippen LogP contribution in [0.1, 0.15) is 5.56 Å². The highest BCUT2D eigenvalue weighted by Gasteiger charge is 2.05. The molecule has 0 saturated carbocycles. The number of carbonyl (C=O) groups excluding carboxylic acids is 1. The Hall–Kier alpha value is -2.75. The van der Waals surface area contributed by atoms with Gasteiger partial charge in [-0.15, -0.1) is 0 Å². The summed E-state index contributed by atoms with van der Waals surface area (Å²) in [5.41, 5.74) is 2.55. The Morgan fingerprint density at radius 1 is 0.950 bits per heavy atom. The Kier molecular flexibility index (Phi) is 3.37. The molecule has 1 heterocycles. The van der Waals surface area contributed by atoms with Crippen molar-refractivity contribution in [3.8, 4) is 0 Å². The second-order valence-corrected chi connectivity index (χ2v) is 4.45. The van der Waals surface area contributed by atoms with Crippen molar-refractivity contribution in [1.82, 2.24) is 9.97 Å². The number of nitrogens with one attached hydrogen (secondary N) is 1. The standard InChI is InChI=1S/C16H13N3O/c20-16(10-12-6-2-1-3-7-12)19-15-11-17-13-8-4-5-9-14(13)18-15/h1-9,11H,10H2,(H,18,19,20). The molecule has 20 heavy (non-hydrogen) atoms. The summed E-state index contributed by atoms with van der Waals surface area (Å²) in [7, 11) is 0. The van der Waals surface area contributed by atoms with Gasteiger partial charge in [-0.2, -0.15) is 0 Å². The lowest BCUT2D eigenvalue weighted by Crippen LogP contribution is -2.15. The number of carbonyl (C=O) groups is 1. The molecule has 0 fully saturated rings. The summed E-state index contributed by atoms with van der Waals surface area (Å²) < 4.78 is 0. The third kappa shape index (κ3) is 2.80. The lowest BCUT2D eigenvalue weighted by atomic mass is 10.1. The van der Waals surface area contributed by atoms with E-state index in [4.69, 9.17) is 0 Å². The minimum atomic E-state index is -0.0965. The molecule has 0 unspecified atom stereocenters. The average Bonchev–Trinajstić information content (AvgIpc) is 2.48. The van der Waals surface area contributed by atoms with Crippen LogP contribution >= 0.6 is 0 Å². The number of benzene rings is 2. The first kappa shape index (κ1) is 12.3. The third-order valence-electron chi connectivity index (χ3n) is 2.92. The molecule has 1 aromatic heterocycles. The van der Waals surface area contributed by atoms with E-state index in [0.717, 1.165) is 16.6 Å². The number of hydrogen-bond acceptors (Lipinski definition) is 3. The van der Waals surface area contributed by atoms with Crippen LogP contribution in [0.3, 0.4) is 0 Å². The van der Waals surface area contributed by atoms with Crippen LogP contribution in [-0.4, -0.2) is 15.9 Å². The predicted molar refractivity (Wildman–Crippen MR) is 78.3 cm³/mol. The van der Waals surface area contributed by atoms with Gasteiger partial charge in [0.15, 0.2) is 5.82 Å². The number of rotatable bonds is 3. The second kappa shape index (κ2) is 5.48. The molecule has 2 aromatic carbocycles. The van der Waals surface area contributed by atoms with Gasteiger partial charge >= 0.3 is 0 Å². The largest absolute Gasteiger partial charge is 0.309 e. The lowest BCUT2D eigenvalue weighted by Gasteiger charge is -2.05. The first-order chi connectivity index (χ1) is 9.81. The molecule has 0 aliphatic heterocycles. The van der Waals surface area contributed by atoms with Crippen LogP contribution in [0.4, 0.5) is 5.82 Å². The number of aromatic nitrogens is 2. The van der Waals surface area contributed by atoms with Gasteiger partial charge in [0.1, 0.15) is 0 Å². The summed E-state index contributed by atoms with van der Waals surface area (Å²) in [5.74, 6) is 0.380. The van der Waals surface area contributed by atoms with E-state index in [1.165, 1.54) is 0 Å². The molecule has 4 nitrogen and oxygen atoms in total. The van der Waals surface area contributed by atoms with Gasteiger partial charge in [-0.25, -0.2) is 4.98 Å². The number of para-hydroxylation sites is 2. The Morgan fingerprint density at radius 3 is 2.45 bits per heavy atom. The van der Waals surface area contributed by atoms with Gasteiger partial charge < -0.3 is 5.32 Å². The first-order valence-corrected chi connectivity index (χ1v) is 6.37. The summed E-state index contributed by atoms with van der Waals surface area (Å²) >= 11 is 0. The van der Waals surface area contributed by atoms with E-state index in [1.54, 1.807) is 6.20 Å². The van der Waals surface area contributed by atoms with Crippen LogP contribution in [0.5, 0.6) is 0 Å². The molecular formula is C16H13N3O. The van der Waals surface area contributed by atoms with Crippen LogP contribution in [0, 0.1) is 0 Å². The Labute approximate surface area is 116 Å². The van der Waals surface area contributed by atoms with E-state index < -0.39 is 0 Å². The topological polar surface area (TPSA) is 54.9 Å². The van der Waals surface area contributed by atoms with Crippen molar-refractivity contribution >= 4 is 22.8 Å². The monoisotopic (exact) mass is 263 g/mol. The van der Waals surface area contributed by atoms with Gasteiger partial charge in [0.2, 0.25) is 5.91 Å². The fourth-order valence-electron chi connectivity index (χ4n) is 1.99. The minimum Gasteiger partial charge on any atom is -0.309 e. The van der Waals surface area contributed by atoms with Crippen LogP contribution < -0.4 is 5.32 Å². The Morgan fingerprint density at radius 2 is 1.65 bits per heavy atom. The van der Waals surface area contributed by atoms with Gasteiger partial charge in [-0.05, 0) is 17.7 Å². The van der Waals surface area contributed by atoms with Crippen molar-refractivity contribution < 1.29 is 4.79 Å². The molecule has 0 atom stereocenters. The van der Waals surface area contributed by atoms with Crippen molar-refractivity contribution in [3.05, 3.63) is 66.4 Å². The molecule has 1 N–H and O–H groups in total. The third-order valence-corrected chi connectivity index (χ3v) is 2.92. The molecule has 0 spiro atoms. The van der Waals surface area contributed by atoms with Gasteiger partial charge in [-0.1, -0.05) is 42.5 Å². The molecule has 0 saturated heterocycles. The number of fused-ring (bicyclic) bond motifs is 1. The fourth-order valence-corrected chi connectivity index (χ4v) is 1.99. The molecule has 0 aliphatic carbocycles. The molecule has 3 aromatic rings. The highest BCUT2D eigenvalue weighted by Crippen LogP contribution is 2.11. The summed E-state index contributed by atoms with van der Waals surface area (Å²) in [4.78, 5) is 20.6. The minimum absolute atomic E-state index is 0.0965. The fraction of sp³-hybridized carbons (Fsp3) is 0.0625. The smallest absolute Gasteiger partial charge is 0.229 e. The first-order valence-electron chi connectivity index (χ1n) is 6.37. The van der Waals surface area contributed by atoms with Crippen molar-refractivity contribution in [3.63, 3.8) is 0 Å². The Bertz CT molecular complexity index is 741. The molecule has 4 heteroatoms. The van der Waals surface area contributed by atoms with Crippen molar-refractivity contribution in [2.45, 2.75) is 6.42 Å². The van der Waals surface area contributed by atoms with Crippen LogP contribution in [0.2, 0.25) is 0 Å². The molecule has 0 radical (unpaired) electrons. The highest BCUT2D eigenvalue weighted by molar-refractivity contribution is 5.92. The zero-order valence-electron chi connectivity index (χ0n) is 10.8. The molecule has 98 valence electrons. The zero-order valence-corrected chi connectivity index (χ0v) is 10.8. The summed E-state index contributed by atoms with van der Waals surface area (Å²) in [6.07, 6.45) is 1.90. The van der Waals surface area contributed by atoms with Gasteiger partial charge in [0, 0.05) is 0 Å². The van der Waals surface area contributed by atoms with Gasteiger partial charge in [0.25, 0.3) is 0 Å². The van der Waals surface area contributed by atoms with E-state index >= 15 is 0 Å². The number of hydrogen-bond donors (Lipinski definition) is 1. The Balaban J connectivity index is 1.74. The quantitative estimate of drug-likeness (QED) is 0.790. The zero-order chi connectivity index (χ0) is 13.8. The lowest BCUT2D eigenvalue weighted by molar-refractivity contribution is -0.115. The van der Waals surface area contributed by atoms with Crippen LogP contribution in [-0.2, 0) is 11.2 Å². The second-order valence-electron chi connectivity index (χ2n) is 4.45. The van der Waals surface area contributed by atoms with E-state index in [2.05, 4.69) is 15.3 Å². The van der Waals surface area contributed by atoms with Crippen molar-refractivity contribution in [1.29, 1.82) is 0 Å². The van der Waals surface area contributed by atoms with Crippen LogP contribution in [0.15, 0.2) is 60.8 Å². The van der Waals surface area contributed by atoms with Crippen LogP contribution in [0.25, 0.3) is 11.0 Å². The SMILES string of the molecule is O=C(Cc1ccccc1)Nc1cnc2ccccc2n1. The van der Waals surface area contributed by atoms with E-state index in [0.29, 0.717) is 12.2 Å². The maximum atomic E-state index is 11.9. The highest BCUT2D eigenvalue weighted by atomic mass is 16.1. The van der Waals surface area contributed by atoms with E-state index in [-0.39, 0.29) is 5.91 Å². The average molecular weight is 263 g/mol.